The number of aromatic hydroxyl groups is 1. The molecule has 3 aromatic carbocycles. The van der Waals surface area contributed by atoms with Gasteiger partial charge in [-0.05, 0) is 42.0 Å². The summed E-state index contributed by atoms with van der Waals surface area (Å²) in [5.74, 6) is 0.694. The molecule has 4 aromatic rings. The Morgan fingerprint density at radius 3 is 2.68 bits per heavy atom. The molecule has 1 heterocycles. The van der Waals surface area contributed by atoms with Crippen molar-refractivity contribution in [3.05, 3.63) is 83.4 Å². The molecule has 0 amide bonds. The number of azo groups is 1. The number of hydrogen-bond donors (Lipinski definition) is 2. The number of para-hydroxylation sites is 1. The molecule has 0 unspecified atom stereocenters. The summed E-state index contributed by atoms with van der Waals surface area (Å²) in [6.07, 6.45) is 0. The fourth-order valence-corrected chi connectivity index (χ4v) is 3.63. The smallest absolute Gasteiger partial charge is 0.221 e. The van der Waals surface area contributed by atoms with Crippen molar-refractivity contribution in [3.8, 4) is 11.6 Å². The lowest BCUT2D eigenvalue weighted by Crippen LogP contribution is -2.04. The topological polar surface area (TPSA) is 71.1 Å². The Morgan fingerprint density at radius 2 is 1.87 bits per heavy atom. The van der Waals surface area contributed by atoms with Gasteiger partial charge in [-0.1, -0.05) is 54.1 Å². The third kappa shape index (κ3) is 4.52. The maximum atomic E-state index is 10.9. The van der Waals surface area contributed by atoms with Crippen LogP contribution in [0.4, 0.5) is 11.4 Å². The number of halogens is 1. The Labute approximate surface area is 189 Å². The second kappa shape index (κ2) is 9.16. The van der Waals surface area contributed by atoms with Crippen molar-refractivity contribution in [2.75, 3.05) is 12.4 Å². The van der Waals surface area contributed by atoms with Crippen LogP contribution in [-0.2, 0) is 6.54 Å². The van der Waals surface area contributed by atoms with Crippen LogP contribution in [0.5, 0.6) is 11.6 Å². The van der Waals surface area contributed by atoms with Gasteiger partial charge in [-0.15, -0.1) is 10.2 Å². The predicted octanol–water partition coefficient (Wildman–Crippen LogP) is 6.54. The molecule has 0 bridgehead atoms. The van der Waals surface area contributed by atoms with Gasteiger partial charge in [0.15, 0.2) is 5.69 Å². The van der Waals surface area contributed by atoms with Crippen molar-refractivity contribution in [3.63, 3.8) is 0 Å². The van der Waals surface area contributed by atoms with Gasteiger partial charge in [-0.2, -0.15) is 0 Å². The van der Waals surface area contributed by atoms with Crippen molar-refractivity contribution >= 4 is 51.2 Å². The second-order valence-electron chi connectivity index (χ2n) is 6.73. The maximum Gasteiger partial charge on any atom is 0.221 e. The number of anilines is 1. The van der Waals surface area contributed by atoms with E-state index in [1.807, 2.05) is 66.7 Å². The van der Waals surface area contributed by atoms with Crippen molar-refractivity contribution in [2.45, 2.75) is 6.54 Å². The molecule has 0 fully saturated rings. The molecule has 2 N–H and O–H groups in total. The zero-order chi connectivity index (χ0) is 21.8. The third-order valence-corrected chi connectivity index (χ3v) is 5.32. The quantitative estimate of drug-likeness (QED) is 0.267. The van der Waals surface area contributed by atoms with Gasteiger partial charge in [0, 0.05) is 22.2 Å². The van der Waals surface area contributed by atoms with Crippen LogP contribution in [-0.4, -0.2) is 21.9 Å². The van der Waals surface area contributed by atoms with Crippen LogP contribution in [0.1, 0.15) is 5.56 Å². The molecular weight excluding hydrogens is 432 g/mol. The number of nitrogens with zero attached hydrogens (tertiary/aromatic N) is 3. The van der Waals surface area contributed by atoms with Crippen LogP contribution in [0.3, 0.4) is 0 Å². The summed E-state index contributed by atoms with van der Waals surface area (Å²) in [6, 6.07) is 22.4. The van der Waals surface area contributed by atoms with E-state index in [9.17, 15) is 5.11 Å². The van der Waals surface area contributed by atoms with Crippen LogP contribution in [0.25, 0.3) is 10.9 Å². The minimum absolute atomic E-state index is 0.00551. The van der Waals surface area contributed by atoms with Gasteiger partial charge < -0.3 is 19.7 Å². The molecule has 31 heavy (non-hydrogen) atoms. The fraction of sp³-hybridized carbons (Fsp3) is 0.0870. The highest BCUT2D eigenvalue weighted by atomic mass is 35.5. The minimum atomic E-state index is -0.00551. The molecule has 0 aliphatic rings. The normalized spacial score (nSPS) is 11.2. The maximum absolute atomic E-state index is 10.9. The highest BCUT2D eigenvalue weighted by Crippen LogP contribution is 2.39. The first-order valence-electron chi connectivity index (χ1n) is 9.47. The molecule has 8 heteroatoms. The molecule has 156 valence electrons. The van der Waals surface area contributed by atoms with Gasteiger partial charge in [-0.3, -0.25) is 0 Å². The Bertz CT molecular complexity index is 1290. The zero-order valence-corrected chi connectivity index (χ0v) is 18.2. The first-order chi connectivity index (χ1) is 15.1. The van der Waals surface area contributed by atoms with E-state index >= 15 is 0 Å². The van der Waals surface area contributed by atoms with Crippen molar-refractivity contribution < 1.29 is 9.84 Å². The predicted molar refractivity (Wildman–Crippen MR) is 128 cm³/mol. The molecule has 0 atom stereocenters. The number of benzene rings is 3. The Kier molecular flexibility index (Phi) is 6.16. The molecule has 0 aliphatic carbocycles. The van der Waals surface area contributed by atoms with Crippen molar-refractivity contribution in [2.24, 2.45) is 10.2 Å². The third-order valence-electron chi connectivity index (χ3n) is 4.77. The monoisotopic (exact) mass is 450 g/mol. The number of methoxy groups -OCH3 is 1. The van der Waals surface area contributed by atoms with E-state index in [2.05, 4.69) is 15.5 Å². The van der Waals surface area contributed by atoms with Crippen LogP contribution in [0.15, 0.2) is 83.0 Å². The summed E-state index contributed by atoms with van der Waals surface area (Å²) in [5.41, 5.74) is 2.78. The second-order valence-corrected chi connectivity index (χ2v) is 7.52. The molecule has 0 spiro atoms. The van der Waals surface area contributed by atoms with E-state index in [-0.39, 0.29) is 11.0 Å². The largest absolute Gasteiger partial charge is 0.497 e. The Hall–Kier alpha value is -3.42. The van der Waals surface area contributed by atoms with Crippen molar-refractivity contribution in [1.29, 1.82) is 0 Å². The van der Waals surface area contributed by atoms with E-state index in [0.29, 0.717) is 23.0 Å². The number of hydrogen-bond acceptors (Lipinski definition) is 4. The van der Waals surface area contributed by atoms with E-state index in [1.54, 1.807) is 17.7 Å². The lowest BCUT2D eigenvalue weighted by atomic mass is 10.2. The molecule has 4 rings (SSSR count). The van der Waals surface area contributed by atoms with E-state index in [1.165, 1.54) is 0 Å². The van der Waals surface area contributed by atoms with E-state index < -0.39 is 0 Å². The molecule has 0 aliphatic heterocycles. The van der Waals surface area contributed by atoms with Crippen LogP contribution >= 0.6 is 23.8 Å². The average molecular weight is 451 g/mol. The molecule has 0 radical (unpaired) electrons. The van der Waals surface area contributed by atoms with Crippen LogP contribution in [0, 0.1) is 0 Å². The summed E-state index contributed by atoms with van der Waals surface area (Å²) in [5, 5.41) is 23.8. The highest BCUT2D eigenvalue weighted by Gasteiger charge is 2.17. The average Bonchev–Trinajstić information content (AvgIpc) is 3.05. The summed E-state index contributed by atoms with van der Waals surface area (Å²) in [4.78, 5) is 0. The van der Waals surface area contributed by atoms with Gasteiger partial charge in [0.2, 0.25) is 11.0 Å². The summed E-state index contributed by atoms with van der Waals surface area (Å²) >= 11 is 11.6. The fourth-order valence-electron chi connectivity index (χ4n) is 3.27. The summed E-state index contributed by atoms with van der Waals surface area (Å²) in [6.45, 7) is 0.397. The highest BCUT2D eigenvalue weighted by molar-refractivity contribution is 7.80. The van der Waals surface area contributed by atoms with E-state index in [0.717, 1.165) is 22.2 Å². The molecule has 1 aromatic heterocycles. The van der Waals surface area contributed by atoms with Crippen LogP contribution < -0.4 is 10.1 Å². The van der Waals surface area contributed by atoms with Gasteiger partial charge in [0.25, 0.3) is 0 Å². The summed E-state index contributed by atoms with van der Waals surface area (Å²) < 4.78 is 6.96. The lowest BCUT2D eigenvalue weighted by molar-refractivity contribution is 0.415. The van der Waals surface area contributed by atoms with Crippen LogP contribution in [0.2, 0.25) is 5.02 Å². The number of thiocarbonyl (C=S) groups is 1. The standard InChI is InChI=1S/C23H19ClN4O2S/c1-30-17-9-6-8-16(13-17)25-23(31)27-26-21-18-10-3-5-12-20(18)28(22(21)29)14-15-7-2-4-11-19(15)24/h2-13,29H,14H2,1H3,(H,25,31). The van der Waals surface area contributed by atoms with Gasteiger partial charge in [-0.25, -0.2) is 0 Å². The lowest BCUT2D eigenvalue weighted by Gasteiger charge is -2.08. The molecule has 0 saturated heterocycles. The number of fused-ring (bicyclic) bond motifs is 1. The number of ether oxygens (including phenoxy) is 1. The molecule has 0 saturated carbocycles. The number of nitrogens with one attached hydrogen (secondary N) is 1. The van der Waals surface area contributed by atoms with Gasteiger partial charge in [0.1, 0.15) is 5.75 Å². The SMILES string of the molecule is COc1cccc(NC(=S)N=Nc2c(O)n(Cc3ccccc3Cl)c3ccccc23)c1. The summed E-state index contributed by atoms with van der Waals surface area (Å²) in [7, 11) is 1.60. The zero-order valence-electron chi connectivity index (χ0n) is 16.6. The Balaban J connectivity index is 1.64. The van der Waals surface area contributed by atoms with Gasteiger partial charge in [0.05, 0.1) is 19.2 Å². The number of rotatable bonds is 5. The van der Waals surface area contributed by atoms with Gasteiger partial charge >= 0.3 is 0 Å². The van der Waals surface area contributed by atoms with Crippen molar-refractivity contribution in [1.82, 2.24) is 4.57 Å². The van der Waals surface area contributed by atoms with E-state index in [4.69, 9.17) is 28.6 Å². The first-order valence-corrected chi connectivity index (χ1v) is 10.3. The number of aromatic nitrogens is 1. The first kappa shape index (κ1) is 20.8. The molecule has 6 nitrogen and oxygen atoms in total. The Morgan fingerprint density at radius 1 is 1.10 bits per heavy atom. The minimum Gasteiger partial charge on any atom is -0.497 e. The molecular formula is C23H19ClN4O2S.